The van der Waals surface area contributed by atoms with E-state index in [1.807, 2.05) is 18.2 Å². The van der Waals surface area contributed by atoms with Crippen LogP contribution in [0.1, 0.15) is 17.0 Å². The Kier molecular flexibility index (Phi) is 3.02. The van der Waals surface area contributed by atoms with E-state index >= 15 is 0 Å². The minimum Gasteiger partial charge on any atom is -0.390 e. The number of aliphatic hydroxyl groups excluding tert-OH is 1. The van der Waals surface area contributed by atoms with Crippen LogP contribution in [0.25, 0.3) is 0 Å². The lowest BCUT2D eigenvalue weighted by atomic mass is 10.2. The third-order valence-corrected chi connectivity index (χ3v) is 5.52. The summed E-state index contributed by atoms with van der Waals surface area (Å²) in [6.07, 6.45) is 0.695. The maximum Gasteiger partial charge on any atom is 0.268 e. The van der Waals surface area contributed by atoms with Gasteiger partial charge >= 0.3 is 0 Å². The monoisotopic (exact) mass is 293 g/mol. The lowest BCUT2D eigenvalue weighted by molar-refractivity contribution is 0.273. The van der Waals surface area contributed by atoms with Crippen LogP contribution in [-0.4, -0.2) is 30.3 Å². The fourth-order valence-corrected chi connectivity index (χ4v) is 4.42. The van der Waals surface area contributed by atoms with Crippen molar-refractivity contribution in [2.75, 3.05) is 10.8 Å². The summed E-state index contributed by atoms with van der Waals surface area (Å²) in [6.45, 7) is 1.65. The van der Waals surface area contributed by atoms with E-state index in [1.165, 1.54) is 4.31 Å². The van der Waals surface area contributed by atoms with Gasteiger partial charge in [0.15, 0.2) is 0 Å². The lowest BCUT2D eigenvalue weighted by Crippen LogP contribution is -2.30. The van der Waals surface area contributed by atoms with Gasteiger partial charge in [-0.1, -0.05) is 18.2 Å². The van der Waals surface area contributed by atoms with E-state index in [0.29, 0.717) is 24.3 Å². The molecule has 2 N–H and O–H groups in total. The highest BCUT2D eigenvalue weighted by atomic mass is 32.2. The SMILES string of the molecule is Cc1[nH]nc(CO)c1S(=O)(=O)N1CCc2ccccc21. The number of aromatic nitrogens is 2. The van der Waals surface area contributed by atoms with Crippen LogP contribution in [0.3, 0.4) is 0 Å². The second kappa shape index (κ2) is 4.60. The van der Waals surface area contributed by atoms with E-state index in [2.05, 4.69) is 10.2 Å². The Morgan fingerprint density at radius 2 is 2.15 bits per heavy atom. The molecule has 2 aromatic rings. The van der Waals surface area contributed by atoms with Gasteiger partial charge in [0.25, 0.3) is 10.0 Å². The predicted molar refractivity (Wildman–Crippen MR) is 73.9 cm³/mol. The number of fused-ring (bicyclic) bond motifs is 1. The molecule has 1 aliphatic heterocycles. The maximum absolute atomic E-state index is 12.8. The van der Waals surface area contributed by atoms with Crippen molar-refractivity contribution in [3.8, 4) is 0 Å². The summed E-state index contributed by atoms with van der Waals surface area (Å²) in [5.41, 5.74) is 2.32. The molecule has 20 heavy (non-hydrogen) atoms. The summed E-state index contributed by atoms with van der Waals surface area (Å²) in [7, 11) is -3.70. The van der Waals surface area contributed by atoms with E-state index in [1.54, 1.807) is 13.0 Å². The van der Waals surface area contributed by atoms with Gasteiger partial charge in [0.1, 0.15) is 10.6 Å². The van der Waals surface area contributed by atoms with Crippen molar-refractivity contribution in [3.05, 3.63) is 41.2 Å². The van der Waals surface area contributed by atoms with Gasteiger partial charge in [-0.15, -0.1) is 0 Å². The zero-order chi connectivity index (χ0) is 14.3. The summed E-state index contributed by atoms with van der Waals surface area (Å²) >= 11 is 0. The largest absolute Gasteiger partial charge is 0.390 e. The fraction of sp³-hybridized carbons (Fsp3) is 0.308. The third-order valence-electron chi connectivity index (χ3n) is 3.50. The van der Waals surface area contributed by atoms with Gasteiger partial charge < -0.3 is 5.11 Å². The van der Waals surface area contributed by atoms with Gasteiger partial charge in [-0.2, -0.15) is 5.10 Å². The number of nitrogens with one attached hydrogen (secondary N) is 1. The molecule has 0 aliphatic carbocycles. The summed E-state index contributed by atoms with van der Waals surface area (Å²) in [4.78, 5) is 0.0803. The summed E-state index contributed by atoms with van der Waals surface area (Å²) in [6, 6.07) is 7.45. The molecule has 3 rings (SSSR count). The van der Waals surface area contributed by atoms with E-state index in [-0.39, 0.29) is 10.6 Å². The maximum atomic E-state index is 12.8. The Morgan fingerprint density at radius 1 is 1.40 bits per heavy atom. The molecule has 1 aromatic carbocycles. The van der Waals surface area contributed by atoms with Gasteiger partial charge in [-0.05, 0) is 25.0 Å². The predicted octanol–water partition coefficient (Wildman–Crippen LogP) is 0.962. The van der Waals surface area contributed by atoms with Crippen LogP contribution in [0.4, 0.5) is 5.69 Å². The molecule has 0 atom stereocenters. The molecule has 0 spiro atoms. The molecule has 106 valence electrons. The Bertz CT molecular complexity index is 752. The topological polar surface area (TPSA) is 86.3 Å². The van der Waals surface area contributed by atoms with Gasteiger partial charge in [-0.3, -0.25) is 9.40 Å². The molecule has 2 heterocycles. The van der Waals surface area contributed by atoms with Crippen molar-refractivity contribution < 1.29 is 13.5 Å². The number of anilines is 1. The number of hydrogen-bond donors (Lipinski definition) is 2. The van der Waals surface area contributed by atoms with Gasteiger partial charge in [0, 0.05) is 6.54 Å². The Balaban J connectivity index is 2.13. The minimum atomic E-state index is -3.70. The first-order valence-corrected chi connectivity index (χ1v) is 7.75. The number of nitrogens with zero attached hydrogens (tertiary/aromatic N) is 2. The normalized spacial score (nSPS) is 14.6. The molecule has 0 unspecified atom stereocenters. The standard InChI is InChI=1S/C13H15N3O3S/c1-9-13(11(8-17)15-14-9)20(18,19)16-7-6-10-4-2-3-5-12(10)16/h2-5,17H,6-8H2,1H3,(H,14,15). The first-order chi connectivity index (χ1) is 9.55. The van der Waals surface area contributed by atoms with Crippen LogP contribution >= 0.6 is 0 Å². The molecule has 0 saturated heterocycles. The zero-order valence-corrected chi connectivity index (χ0v) is 11.8. The number of aryl methyl sites for hydroxylation is 1. The number of aromatic amines is 1. The molecule has 0 radical (unpaired) electrons. The van der Waals surface area contributed by atoms with Crippen LogP contribution in [0.2, 0.25) is 0 Å². The van der Waals surface area contributed by atoms with Crippen molar-refractivity contribution in [2.45, 2.75) is 24.8 Å². The van der Waals surface area contributed by atoms with Crippen LogP contribution in [-0.2, 0) is 23.1 Å². The number of aliphatic hydroxyl groups is 1. The second-order valence-corrected chi connectivity index (χ2v) is 6.54. The first kappa shape index (κ1) is 13.1. The van der Waals surface area contributed by atoms with Gasteiger partial charge in [0.05, 0.1) is 18.0 Å². The highest BCUT2D eigenvalue weighted by molar-refractivity contribution is 7.93. The molecule has 6 nitrogen and oxygen atoms in total. The van der Waals surface area contributed by atoms with Gasteiger partial charge in [-0.25, -0.2) is 8.42 Å². The molecule has 0 fully saturated rings. The van der Waals surface area contributed by atoms with E-state index < -0.39 is 16.6 Å². The highest BCUT2D eigenvalue weighted by Gasteiger charge is 2.34. The average Bonchev–Trinajstić information content (AvgIpc) is 3.02. The van der Waals surface area contributed by atoms with Crippen LogP contribution < -0.4 is 4.31 Å². The van der Waals surface area contributed by atoms with Crippen LogP contribution in [0, 0.1) is 6.92 Å². The molecule has 0 bridgehead atoms. The fourth-order valence-electron chi connectivity index (χ4n) is 2.59. The van der Waals surface area contributed by atoms with Crippen molar-refractivity contribution >= 4 is 15.7 Å². The van der Waals surface area contributed by atoms with Crippen LogP contribution in [0.15, 0.2) is 29.2 Å². The minimum absolute atomic E-state index is 0.0803. The van der Waals surface area contributed by atoms with E-state index in [4.69, 9.17) is 0 Å². The lowest BCUT2D eigenvalue weighted by Gasteiger charge is -2.19. The molecular weight excluding hydrogens is 278 g/mol. The van der Waals surface area contributed by atoms with Crippen molar-refractivity contribution in [2.24, 2.45) is 0 Å². The highest BCUT2D eigenvalue weighted by Crippen LogP contribution is 2.34. The Morgan fingerprint density at radius 3 is 2.90 bits per heavy atom. The Hall–Kier alpha value is -1.86. The third kappa shape index (κ3) is 1.82. The number of benzene rings is 1. The van der Waals surface area contributed by atoms with Gasteiger partial charge in [0.2, 0.25) is 0 Å². The Labute approximate surface area is 117 Å². The quantitative estimate of drug-likeness (QED) is 0.882. The first-order valence-electron chi connectivity index (χ1n) is 6.31. The number of H-pyrrole nitrogens is 1. The van der Waals surface area contributed by atoms with Crippen molar-refractivity contribution in [1.29, 1.82) is 0 Å². The molecule has 7 heteroatoms. The summed E-state index contributed by atoms with van der Waals surface area (Å²) in [5, 5.41) is 15.7. The van der Waals surface area contributed by atoms with Crippen molar-refractivity contribution in [3.63, 3.8) is 0 Å². The smallest absolute Gasteiger partial charge is 0.268 e. The number of rotatable bonds is 3. The molecule has 0 amide bonds. The van der Waals surface area contributed by atoms with Crippen molar-refractivity contribution in [1.82, 2.24) is 10.2 Å². The number of para-hydroxylation sites is 1. The number of sulfonamides is 1. The molecule has 1 aliphatic rings. The molecule has 0 saturated carbocycles. The van der Waals surface area contributed by atoms with E-state index in [9.17, 15) is 13.5 Å². The summed E-state index contributed by atoms with van der Waals surface area (Å²) in [5.74, 6) is 0. The van der Waals surface area contributed by atoms with Crippen LogP contribution in [0.5, 0.6) is 0 Å². The number of hydrogen-bond acceptors (Lipinski definition) is 4. The zero-order valence-electron chi connectivity index (χ0n) is 11.0. The molecular formula is C13H15N3O3S. The molecule has 1 aromatic heterocycles. The second-order valence-electron chi connectivity index (χ2n) is 4.74. The van der Waals surface area contributed by atoms with E-state index in [0.717, 1.165) is 5.56 Å². The summed E-state index contributed by atoms with van der Waals surface area (Å²) < 4.78 is 27.0. The average molecular weight is 293 g/mol.